The van der Waals surface area contributed by atoms with E-state index in [1.54, 1.807) is 0 Å². The van der Waals surface area contributed by atoms with Crippen LogP contribution in [0, 0.1) is 0 Å². The molecule has 5 nitrogen and oxygen atoms in total. The zero-order chi connectivity index (χ0) is 15.5. The highest BCUT2D eigenvalue weighted by atomic mass is 35.5. The number of anilines is 2. The van der Waals surface area contributed by atoms with Gasteiger partial charge in [0.05, 0.1) is 29.9 Å². The molecule has 21 heavy (non-hydrogen) atoms. The normalized spacial score (nSPS) is 11.0. The highest BCUT2D eigenvalue weighted by Crippen LogP contribution is 2.26. The van der Waals surface area contributed by atoms with Gasteiger partial charge in [-0.15, -0.1) is 0 Å². The smallest absolute Gasteiger partial charge is 0.315 e. The second kappa shape index (κ2) is 6.10. The van der Waals surface area contributed by atoms with Crippen molar-refractivity contribution in [2.75, 3.05) is 12.4 Å². The van der Waals surface area contributed by atoms with Gasteiger partial charge in [-0.25, -0.2) is 9.97 Å². The summed E-state index contributed by atoms with van der Waals surface area (Å²) in [7, 11) is 1.39. The van der Waals surface area contributed by atoms with Gasteiger partial charge in [0, 0.05) is 5.69 Å². The third kappa shape index (κ3) is 3.49. The third-order valence-corrected chi connectivity index (χ3v) is 3.37. The molecule has 2 rings (SSSR count). The van der Waals surface area contributed by atoms with Gasteiger partial charge in [0.25, 0.3) is 0 Å². The van der Waals surface area contributed by atoms with Crippen molar-refractivity contribution in [3.05, 3.63) is 47.2 Å². The first kappa shape index (κ1) is 15.3. The first-order valence-corrected chi connectivity index (χ1v) is 6.75. The summed E-state index contributed by atoms with van der Waals surface area (Å²) in [6.45, 7) is 3.65. The van der Waals surface area contributed by atoms with Crippen molar-refractivity contribution >= 4 is 29.2 Å². The van der Waals surface area contributed by atoms with Gasteiger partial charge in [0.15, 0.2) is 0 Å². The van der Waals surface area contributed by atoms with Gasteiger partial charge in [-0.1, -0.05) is 23.7 Å². The summed E-state index contributed by atoms with van der Waals surface area (Å²) in [5.74, 6) is 0.184. The molecule has 0 saturated carbocycles. The largest absolute Gasteiger partial charge is 0.468 e. The van der Waals surface area contributed by atoms with Crippen LogP contribution in [0.4, 0.5) is 11.6 Å². The topological polar surface area (TPSA) is 64.1 Å². The van der Waals surface area contributed by atoms with Crippen molar-refractivity contribution in [2.45, 2.75) is 19.3 Å². The molecule has 0 amide bonds. The molecule has 0 unspecified atom stereocenters. The van der Waals surface area contributed by atoms with Crippen LogP contribution in [0.5, 0.6) is 0 Å². The summed E-state index contributed by atoms with van der Waals surface area (Å²) in [6.07, 6.45) is 3.04. The van der Waals surface area contributed by atoms with Crippen LogP contribution in [-0.4, -0.2) is 23.0 Å². The molecule has 2 aromatic rings. The molecule has 0 saturated heterocycles. The van der Waals surface area contributed by atoms with Crippen LogP contribution in [0.3, 0.4) is 0 Å². The van der Waals surface area contributed by atoms with Crippen LogP contribution in [0.25, 0.3) is 0 Å². The number of carbonyl (C=O) groups excluding carboxylic acids is 1. The lowest BCUT2D eigenvalue weighted by atomic mass is 9.85. The highest BCUT2D eigenvalue weighted by molar-refractivity contribution is 6.30. The van der Waals surface area contributed by atoms with Gasteiger partial charge in [-0.3, -0.25) is 4.79 Å². The molecule has 0 spiro atoms. The van der Waals surface area contributed by atoms with E-state index < -0.39 is 5.41 Å². The Hall–Kier alpha value is -2.14. The molecule has 0 atom stereocenters. The van der Waals surface area contributed by atoms with Crippen molar-refractivity contribution in [3.63, 3.8) is 0 Å². The van der Waals surface area contributed by atoms with E-state index in [9.17, 15) is 4.79 Å². The number of halogens is 1. The molecular weight excluding hydrogens is 290 g/mol. The first-order chi connectivity index (χ1) is 9.93. The van der Waals surface area contributed by atoms with E-state index in [2.05, 4.69) is 15.3 Å². The summed E-state index contributed by atoms with van der Waals surface area (Å²) in [5, 5.41) is 3.54. The van der Waals surface area contributed by atoms with Crippen LogP contribution >= 0.6 is 11.6 Å². The Morgan fingerprint density at radius 2 is 1.76 bits per heavy atom. The van der Waals surface area contributed by atoms with Crippen LogP contribution in [-0.2, 0) is 14.9 Å². The summed E-state index contributed by atoms with van der Waals surface area (Å²) < 4.78 is 4.82. The van der Waals surface area contributed by atoms with Crippen molar-refractivity contribution in [1.82, 2.24) is 9.97 Å². The number of ether oxygens (including phenoxy) is 1. The number of methoxy groups -OCH3 is 1. The molecule has 6 heteroatoms. The lowest BCUT2D eigenvalue weighted by Gasteiger charge is -2.22. The predicted octanol–water partition coefficient (Wildman–Crippen LogP) is 3.32. The van der Waals surface area contributed by atoms with Crippen LogP contribution in [0.2, 0.25) is 5.02 Å². The number of hydrogen-bond acceptors (Lipinski definition) is 5. The van der Waals surface area contributed by atoms with E-state index in [-0.39, 0.29) is 5.97 Å². The lowest BCUT2D eigenvalue weighted by molar-refractivity contribution is -0.146. The first-order valence-electron chi connectivity index (χ1n) is 6.37. The van der Waals surface area contributed by atoms with E-state index in [0.717, 1.165) is 11.3 Å². The van der Waals surface area contributed by atoms with E-state index >= 15 is 0 Å². The van der Waals surface area contributed by atoms with Crippen molar-refractivity contribution in [3.8, 4) is 0 Å². The molecule has 0 aliphatic heterocycles. The molecule has 1 aromatic heterocycles. The van der Waals surface area contributed by atoms with Gasteiger partial charge in [-0.05, 0) is 31.5 Å². The number of hydrogen-bond donors (Lipinski definition) is 1. The molecule has 0 fully saturated rings. The van der Waals surface area contributed by atoms with Crippen molar-refractivity contribution in [2.24, 2.45) is 0 Å². The lowest BCUT2D eigenvalue weighted by Crippen LogP contribution is -2.30. The predicted molar refractivity (Wildman–Crippen MR) is 81.8 cm³/mol. The molecule has 1 aromatic carbocycles. The fraction of sp³-hybridized carbons (Fsp3) is 0.267. The van der Waals surface area contributed by atoms with Crippen LogP contribution < -0.4 is 5.32 Å². The third-order valence-electron chi connectivity index (χ3n) is 3.18. The summed E-state index contributed by atoms with van der Waals surface area (Å²) >= 11 is 5.73. The van der Waals surface area contributed by atoms with Crippen molar-refractivity contribution in [1.29, 1.82) is 0 Å². The molecule has 1 N–H and O–H groups in total. The number of benzene rings is 1. The zero-order valence-corrected chi connectivity index (χ0v) is 12.8. The van der Waals surface area contributed by atoms with E-state index in [1.165, 1.54) is 19.5 Å². The minimum Gasteiger partial charge on any atom is -0.468 e. The number of nitrogens with one attached hydrogen (secondary N) is 1. The van der Waals surface area contributed by atoms with Crippen molar-refractivity contribution < 1.29 is 9.53 Å². The number of aromatic nitrogens is 2. The number of rotatable bonds is 4. The standard InChI is InChI=1S/C15H16ClN3O2/c1-15(2,13(20)21-3)10-4-6-12(7-5-10)19-14-17-8-11(16)9-18-14/h4-9H,1-3H3,(H,17,18,19). The zero-order valence-electron chi connectivity index (χ0n) is 12.1. The Morgan fingerprint density at radius 1 is 1.19 bits per heavy atom. The fourth-order valence-electron chi connectivity index (χ4n) is 1.85. The Balaban J connectivity index is 2.15. The Morgan fingerprint density at radius 3 is 2.29 bits per heavy atom. The van der Waals surface area contributed by atoms with Crippen LogP contribution in [0.1, 0.15) is 19.4 Å². The minimum atomic E-state index is -0.690. The van der Waals surface area contributed by atoms with Crippen LogP contribution in [0.15, 0.2) is 36.7 Å². The second-order valence-corrected chi connectivity index (χ2v) is 5.48. The average Bonchev–Trinajstić information content (AvgIpc) is 2.49. The molecule has 1 heterocycles. The fourth-order valence-corrected chi connectivity index (χ4v) is 1.95. The number of nitrogens with zero attached hydrogens (tertiary/aromatic N) is 2. The minimum absolute atomic E-state index is 0.274. The Labute approximate surface area is 128 Å². The summed E-state index contributed by atoms with van der Waals surface area (Å²) in [6, 6.07) is 7.46. The van der Waals surface area contributed by atoms with Gasteiger partial charge in [-0.2, -0.15) is 0 Å². The second-order valence-electron chi connectivity index (χ2n) is 5.04. The summed E-state index contributed by atoms with van der Waals surface area (Å²) in [5.41, 5.74) is 1.00. The van der Waals surface area contributed by atoms with Gasteiger partial charge >= 0.3 is 5.97 Å². The maximum Gasteiger partial charge on any atom is 0.315 e. The highest BCUT2D eigenvalue weighted by Gasteiger charge is 2.30. The SMILES string of the molecule is COC(=O)C(C)(C)c1ccc(Nc2ncc(Cl)cn2)cc1. The molecule has 0 aliphatic carbocycles. The maximum absolute atomic E-state index is 11.8. The molecule has 0 radical (unpaired) electrons. The molecule has 0 bridgehead atoms. The summed E-state index contributed by atoms with van der Waals surface area (Å²) in [4.78, 5) is 19.9. The average molecular weight is 306 g/mol. The number of esters is 1. The van der Waals surface area contributed by atoms with E-state index in [1.807, 2.05) is 38.1 Å². The Kier molecular flexibility index (Phi) is 4.43. The quantitative estimate of drug-likeness (QED) is 0.878. The van der Waals surface area contributed by atoms with Gasteiger partial charge in [0.2, 0.25) is 5.95 Å². The Bertz CT molecular complexity index is 624. The van der Waals surface area contributed by atoms with E-state index in [0.29, 0.717) is 11.0 Å². The maximum atomic E-state index is 11.8. The monoisotopic (exact) mass is 305 g/mol. The molecular formula is C15H16ClN3O2. The van der Waals surface area contributed by atoms with E-state index in [4.69, 9.17) is 16.3 Å². The molecule has 0 aliphatic rings. The van der Waals surface area contributed by atoms with Gasteiger partial charge < -0.3 is 10.1 Å². The number of carbonyl (C=O) groups is 1. The van der Waals surface area contributed by atoms with Gasteiger partial charge in [0.1, 0.15) is 0 Å². The molecule has 110 valence electrons.